The van der Waals surface area contributed by atoms with E-state index < -0.39 is 5.97 Å². The first-order chi connectivity index (χ1) is 19.5. The van der Waals surface area contributed by atoms with Crippen molar-refractivity contribution in [2.75, 3.05) is 18.5 Å². The molecule has 5 rings (SSSR count). The lowest BCUT2D eigenvalue weighted by Gasteiger charge is -2.41. The van der Waals surface area contributed by atoms with E-state index in [4.69, 9.17) is 36.3 Å². The number of hydrogen-bond acceptors (Lipinski definition) is 7. The molecular weight excluding hydrogens is 526 g/mol. The molecule has 208 valence electrons. The summed E-state index contributed by atoms with van der Waals surface area (Å²) >= 11 is 5.54. The number of rotatable bonds is 8. The summed E-state index contributed by atoms with van der Waals surface area (Å²) in [7, 11) is 0. The molecule has 2 N–H and O–H groups in total. The molecule has 1 aliphatic carbocycles. The quantitative estimate of drug-likeness (QED) is 0.181. The zero-order chi connectivity index (χ0) is 27.8. The van der Waals surface area contributed by atoms with Gasteiger partial charge < -0.3 is 24.3 Å². The van der Waals surface area contributed by atoms with Crippen LogP contribution in [-0.2, 0) is 9.53 Å². The van der Waals surface area contributed by atoms with E-state index in [-0.39, 0.29) is 12.2 Å². The van der Waals surface area contributed by atoms with Crippen LogP contribution in [0.1, 0.15) is 51.0 Å². The van der Waals surface area contributed by atoms with Gasteiger partial charge in [-0.1, -0.05) is 24.6 Å². The molecule has 0 radical (unpaired) electrons. The summed E-state index contributed by atoms with van der Waals surface area (Å²) in [5, 5.41) is 8.26. The Hall–Kier alpha value is -4.11. The summed E-state index contributed by atoms with van der Waals surface area (Å²) in [6.07, 6.45) is 6.08. The number of esters is 1. The predicted molar refractivity (Wildman–Crippen MR) is 158 cm³/mol. The molecule has 9 heteroatoms. The van der Waals surface area contributed by atoms with Gasteiger partial charge in [-0.15, -0.1) is 0 Å². The molecule has 0 amide bonds. The fraction of sp³-hybridized carbons (Fsp3) is 0.323. The van der Waals surface area contributed by atoms with Crippen LogP contribution in [0.3, 0.4) is 0 Å². The highest BCUT2D eigenvalue weighted by Gasteiger charge is 2.40. The highest BCUT2D eigenvalue weighted by molar-refractivity contribution is 7.80. The van der Waals surface area contributed by atoms with Gasteiger partial charge in [0.05, 0.1) is 12.3 Å². The zero-order valence-corrected chi connectivity index (χ0v) is 23.3. The summed E-state index contributed by atoms with van der Waals surface area (Å²) in [5.41, 5.74) is 5.19. The Labute approximate surface area is 239 Å². The number of carbonyl (C=O) groups excluding carboxylic acids is 1. The average molecular weight is 560 g/mol. The summed E-state index contributed by atoms with van der Waals surface area (Å²) in [5.74, 6) is 2.39. The van der Waals surface area contributed by atoms with E-state index >= 15 is 0 Å². The summed E-state index contributed by atoms with van der Waals surface area (Å²) < 4.78 is 23.0. The van der Waals surface area contributed by atoms with Gasteiger partial charge in [-0.05, 0) is 99.4 Å². The summed E-state index contributed by atoms with van der Waals surface area (Å²) in [6, 6.07) is 22.7. The molecule has 8 nitrogen and oxygen atoms in total. The van der Waals surface area contributed by atoms with Crippen molar-refractivity contribution in [1.82, 2.24) is 5.43 Å². The van der Waals surface area contributed by atoms with Crippen molar-refractivity contribution in [1.29, 1.82) is 0 Å². The second-order valence-corrected chi connectivity index (χ2v) is 10.2. The van der Waals surface area contributed by atoms with Crippen LogP contribution >= 0.6 is 12.2 Å². The average Bonchev–Trinajstić information content (AvgIpc) is 2.97. The third kappa shape index (κ3) is 7.09. The topological polar surface area (TPSA) is 90.4 Å². The van der Waals surface area contributed by atoms with Crippen molar-refractivity contribution < 1.29 is 23.7 Å². The standard InChI is InChI=1S/C31H33N3O5S/c1-2-36-29(35)21-37-25-15-16-28-26(19-25)27(20-31(39-28)17-7-4-8-18-31)33-34-30(40)32-22-11-13-24(14-12-22)38-23-9-5-3-6-10-23/h3,5-6,9-16,19H,2,4,7-8,17-18,20-21H2,1H3,(H2,32,34,40)/b33-27-. The number of thiocarbonyl (C=S) groups is 1. The fourth-order valence-electron chi connectivity index (χ4n) is 5.01. The SMILES string of the molecule is CCOC(=O)COc1ccc2c(c1)/C(=N\NC(=S)Nc1ccc(Oc3ccccc3)cc1)CC1(CCCCC1)O2. The second-order valence-electron chi connectivity index (χ2n) is 9.84. The molecule has 3 aromatic carbocycles. The first-order valence-corrected chi connectivity index (χ1v) is 14.0. The van der Waals surface area contributed by atoms with E-state index in [9.17, 15) is 4.79 Å². The minimum atomic E-state index is -0.413. The molecular formula is C31H33N3O5S. The second kappa shape index (κ2) is 12.8. The minimum absolute atomic E-state index is 0.161. The van der Waals surface area contributed by atoms with Gasteiger partial charge in [0.2, 0.25) is 0 Å². The molecule has 0 bridgehead atoms. The highest BCUT2D eigenvalue weighted by Crippen LogP contribution is 2.43. The molecule has 1 fully saturated rings. The number of hydrazone groups is 1. The number of para-hydroxylation sites is 1. The van der Waals surface area contributed by atoms with E-state index in [2.05, 4.69) is 10.7 Å². The minimum Gasteiger partial charge on any atom is -0.486 e. The maximum atomic E-state index is 11.8. The molecule has 1 spiro atoms. The molecule has 3 aromatic rings. The van der Waals surface area contributed by atoms with Crippen LogP contribution in [0.5, 0.6) is 23.0 Å². The maximum absolute atomic E-state index is 11.8. The Morgan fingerprint density at radius 2 is 1.70 bits per heavy atom. The number of nitrogens with zero attached hydrogens (tertiary/aromatic N) is 1. The smallest absolute Gasteiger partial charge is 0.344 e. The van der Waals surface area contributed by atoms with Gasteiger partial charge in [-0.25, -0.2) is 4.79 Å². The summed E-state index contributed by atoms with van der Waals surface area (Å²) in [4.78, 5) is 11.8. The fourth-order valence-corrected chi connectivity index (χ4v) is 5.17. The number of hydrogen-bond donors (Lipinski definition) is 2. The van der Waals surface area contributed by atoms with Crippen LogP contribution in [0.25, 0.3) is 0 Å². The lowest BCUT2D eigenvalue weighted by molar-refractivity contribution is -0.145. The third-order valence-corrected chi connectivity index (χ3v) is 7.08. The first kappa shape index (κ1) is 27.5. The molecule has 1 saturated carbocycles. The van der Waals surface area contributed by atoms with Crippen molar-refractivity contribution in [2.45, 2.75) is 51.0 Å². The van der Waals surface area contributed by atoms with Gasteiger partial charge >= 0.3 is 5.97 Å². The summed E-state index contributed by atoms with van der Waals surface area (Å²) in [6.45, 7) is 1.91. The molecule has 0 saturated heterocycles. The van der Waals surface area contributed by atoms with E-state index in [0.717, 1.165) is 59.9 Å². The van der Waals surface area contributed by atoms with Crippen LogP contribution < -0.4 is 25.0 Å². The zero-order valence-electron chi connectivity index (χ0n) is 22.5. The van der Waals surface area contributed by atoms with Crippen LogP contribution in [-0.4, -0.2) is 35.6 Å². The number of nitrogens with one attached hydrogen (secondary N) is 2. The Balaban J connectivity index is 1.28. The molecule has 1 aliphatic heterocycles. The molecule has 0 atom stereocenters. The molecule has 0 aromatic heterocycles. The number of ether oxygens (including phenoxy) is 4. The van der Waals surface area contributed by atoms with Gasteiger partial charge in [0, 0.05) is 17.7 Å². The van der Waals surface area contributed by atoms with Crippen LogP contribution in [0.4, 0.5) is 5.69 Å². The number of carbonyl (C=O) groups is 1. The van der Waals surface area contributed by atoms with Crippen molar-refractivity contribution in [2.24, 2.45) is 5.10 Å². The van der Waals surface area contributed by atoms with Crippen LogP contribution in [0.15, 0.2) is 77.9 Å². The van der Waals surface area contributed by atoms with E-state index in [1.165, 1.54) is 6.42 Å². The van der Waals surface area contributed by atoms with Crippen molar-refractivity contribution >= 4 is 34.7 Å². The van der Waals surface area contributed by atoms with E-state index in [0.29, 0.717) is 23.9 Å². The van der Waals surface area contributed by atoms with Crippen molar-refractivity contribution in [3.05, 3.63) is 78.4 Å². The monoisotopic (exact) mass is 559 g/mol. The lowest BCUT2D eigenvalue weighted by atomic mass is 9.78. The Morgan fingerprint density at radius 3 is 2.45 bits per heavy atom. The maximum Gasteiger partial charge on any atom is 0.344 e. The van der Waals surface area contributed by atoms with E-state index in [1.807, 2.05) is 72.8 Å². The van der Waals surface area contributed by atoms with Gasteiger partial charge in [0.15, 0.2) is 11.7 Å². The Kier molecular flexibility index (Phi) is 8.81. The number of fused-ring (bicyclic) bond motifs is 1. The van der Waals surface area contributed by atoms with Crippen molar-refractivity contribution in [3.63, 3.8) is 0 Å². The molecule has 2 aliphatic rings. The number of anilines is 1. The molecule has 40 heavy (non-hydrogen) atoms. The molecule has 0 unspecified atom stereocenters. The molecule has 1 heterocycles. The van der Waals surface area contributed by atoms with Crippen molar-refractivity contribution in [3.8, 4) is 23.0 Å². The Bertz CT molecular complexity index is 1360. The third-order valence-electron chi connectivity index (χ3n) is 6.89. The largest absolute Gasteiger partial charge is 0.486 e. The van der Waals surface area contributed by atoms with Gasteiger partial charge in [-0.2, -0.15) is 5.10 Å². The van der Waals surface area contributed by atoms with Gasteiger partial charge in [-0.3, -0.25) is 5.43 Å². The van der Waals surface area contributed by atoms with Crippen LogP contribution in [0, 0.1) is 0 Å². The normalized spacial score (nSPS) is 16.4. The van der Waals surface area contributed by atoms with E-state index in [1.54, 1.807) is 6.92 Å². The predicted octanol–water partition coefficient (Wildman–Crippen LogP) is 6.60. The van der Waals surface area contributed by atoms with Crippen LogP contribution in [0.2, 0.25) is 0 Å². The number of benzene rings is 3. The highest BCUT2D eigenvalue weighted by atomic mass is 32.1. The van der Waals surface area contributed by atoms with Gasteiger partial charge in [0.25, 0.3) is 0 Å². The van der Waals surface area contributed by atoms with Gasteiger partial charge in [0.1, 0.15) is 28.6 Å². The first-order valence-electron chi connectivity index (χ1n) is 13.6. The Morgan fingerprint density at radius 1 is 0.975 bits per heavy atom. The lowest BCUT2D eigenvalue weighted by Crippen LogP contribution is -2.44.